The third-order valence-corrected chi connectivity index (χ3v) is 2.81. The Hall–Kier alpha value is -1.39. The first-order valence-corrected chi connectivity index (χ1v) is 6.05. The summed E-state index contributed by atoms with van der Waals surface area (Å²) in [5.41, 5.74) is 2.41. The molecule has 1 rings (SSSR count). The number of nitriles is 1. The maximum atomic E-state index is 8.84. The van der Waals surface area contributed by atoms with Crippen molar-refractivity contribution in [1.29, 1.82) is 5.26 Å². The van der Waals surface area contributed by atoms with Gasteiger partial charge in [-0.05, 0) is 29.8 Å². The van der Waals surface area contributed by atoms with E-state index in [1.165, 1.54) is 0 Å². The van der Waals surface area contributed by atoms with Crippen LogP contribution in [0.3, 0.4) is 0 Å². The number of hydrogen-bond donors (Lipinski definition) is 2. The lowest BCUT2D eigenvalue weighted by atomic mass is 10.2. The second-order valence-electron chi connectivity index (χ2n) is 3.58. The fraction of sp³-hybridized carbons (Fsp3) is 0.500. The lowest BCUT2D eigenvalue weighted by Gasteiger charge is -2.24. The fourth-order valence-electron chi connectivity index (χ4n) is 1.39. The summed E-state index contributed by atoms with van der Waals surface area (Å²) < 4.78 is 0.781. The molecule has 1 aromatic heterocycles. The maximum absolute atomic E-state index is 8.84. The summed E-state index contributed by atoms with van der Waals surface area (Å²) in [6.07, 6.45) is 1.64. The first-order chi connectivity index (χ1) is 8.12. The summed E-state index contributed by atoms with van der Waals surface area (Å²) >= 11 is 3.39. The van der Waals surface area contributed by atoms with Crippen LogP contribution in [0.4, 0.5) is 11.8 Å². The number of halogens is 1. The quantitative estimate of drug-likeness (QED) is 0.632. The van der Waals surface area contributed by atoms with Gasteiger partial charge in [-0.3, -0.25) is 5.43 Å². The largest absolute Gasteiger partial charge is 0.354 e. The number of aromatic nitrogens is 2. The van der Waals surface area contributed by atoms with E-state index in [0.29, 0.717) is 12.5 Å². The Morgan fingerprint density at radius 3 is 2.94 bits per heavy atom. The molecule has 17 heavy (non-hydrogen) atoms. The summed E-state index contributed by atoms with van der Waals surface area (Å²) in [5.74, 6) is 6.30. The number of anilines is 2. The molecule has 0 bridgehead atoms. The molecule has 1 unspecified atom stereocenters. The molecule has 0 aromatic carbocycles. The maximum Gasteiger partial charge on any atom is 0.239 e. The molecule has 6 nitrogen and oxygen atoms in total. The van der Waals surface area contributed by atoms with Crippen LogP contribution in [0.25, 0.3) is 0 Å². The van der Waals surface area contributed by atoms with E-state index in [2.05, 4.69) is 37.4 Å². The zero-order chi connectivity index (χ0) is 12.8. The van der Waals surface area contributed by atoms with Crippen LogP contribution in [0.5, 0.6) is 0 Å². The summed E-state index contributed by atoms with van der Waals surface area (Å²) in [6.45, 7) is 5.26. The average Bonchev–Trinajstić information content (AvgIpc) is 2.36. The minimum absolute atomic E-state index is 0.0638. The average molecular weight is 299 g/mol. The van der Waals surface area contributed by atoms with E-state index in [-0.39, 0.29) is 5.92 Å². The van der Waals surface area contributed by atoms with E-state index in [9.17, 15) is 0 Å². The van der Waals surface area contributed by atoms with Gasteiger partial charge in [0, 0.05) is 19.3 Å². The predicted molar refractivity (Wildman–Crippen MR) is 70.2 cm³/mol. The predicted octanol–water partition coefficient (Wildman–Crippen LogP) is 1.51. The summed E-state index contributed by atoms with van der Waals surface area (Å²) in [4.78, 5) is 10.3. The first kappa shape index (κ1) is 13.7. The highest BCUT2D eigenvalue weighted by Gasteiger charge is 2.14. The van der Waals surface area contributed by atoms with Crippen molar-refractivity contribution in [2.45, 2.75) is 13.8 Å². The Morgan fingerprint density at radius 1 is 1.71 bits per heavy atom. The first-order valence-electron chi connectivity index (χ1n) is 5.26. The molecular weight excluding hydrogens is 284 g/mol. The summed E-state index contributed by atoms with van der Waals surface area (Å²) in [6, 6.07) is 2.21. The van der Waals surface area contributed by atoms with E-state index in [1.54, 1.807) is 6.20 Å². The van der Waals surface area contributed by atoms with Crippen molar-refractivity contribution >= 4 is 27.7 Å². The second kappa shape index (κ2) is 6.37. The molecule has 1 heterocycles. The van der Waals surface area contributed by atoms with Gasteiger partial charge in [0.25, 0.3) is 0 Å². The SMILES string of the molecule is CCN(CC(C)C#N)c1nc(NN)ncc1Br. The fourth-order valence-corrected chi connectivity index (χ4v) is 1.83. The highest BCUT2D eigenvalue weighted by Crippen LogP contribution is 2.24. The normalized spacial score (nSPS) is 11.7. The van der Waals surface area contributed by atoms with Crippen LogP contribution in [-0.2, 0) is 0 Å². The van der Waals surface area contributed by atoms with Crippen molar-refractivity contribution in [3.63, 3.8) is 0 Å². The van der Waals surface area contributed by atoms with Crippen LogP contribution < -0.4 is 16.2 Å². The Balaban J connectivity index is 2.98. The number of nitrogens with two attached hydrogens (primary N) is 1. The van der Waals surface area contributed by atoms with Gasteiger partial charge in [-0.2, -0.15) is 10.2 Å². The number of hydrazine groups is 1. The lowest BCUT2D eigenvalue weighted by molar-refractivity contribution is 0.677. The standard InChI is InChI=1S/C10H15BrN6/c1-3-17(6-7(2)4-12)9-8(11)5-14-10(15-9)16-13/h5,7H,3,6,13H2,1-2H3,(H,14,15,16). The topological polar surface area (TPSA) is 90.9 Å². The monoisotopic (exact) mass is 298 g/mol. The lowest BCUT2D eigenvalue weighted by Crippen LogP contribution is -2.29. The van der Waals surface area contributed by atoms with Crippen molar-refractivity contribution < 1.29 is 0 Å². The molecule has 3 N–H and O–H groups in total. The molecule has 1 aromatic rings. The van der Waals surface area contributed by atoms with Crippen molar-refractivity contribution in [2.75, 3.05) is 23.4 Å². The van der Waals surface area contributed by atoms with E-state index < -0.39 is 0 Å². The molecule has 92 valence electrons. The zero-order valence-electron chi connectivity index (χ0n) is 9.81. The van der Waals surface area contributed by atoms with Gasteiger partial charge in [-0.15, -0.1) is 0 Å². The van der Waals surface area contributed by atoms with Crippen molar-refractivity contribution in [2.24, 2.45) is 11.8 Å². The van der Waals surface area contributed by atoms with Gasteiger partial charge in [0.15, 0.2) is 0 Å². The molecule has 0 aliphatic heterocycles. The second-order valence-corrected chi connectivity index (χ2v) is 4.43. The molecule has 0 aliphatic rings. The molecule has 0 saturated carbocycles. The molecule has 0 saturated heterocycles. The van der Waals surface area contributed by atoms with Gasteiger partial charge in [0.2, 0.25) is 5.95 Å². The van der Waals surface area contributed by atoms with E-state index in [0.717, 1.165) is 16.8 Å². The Kier molecular flexibility index (Phi) is 5.12. The van der Waals surface area contributed by atoms with Crippen molar-refractivity contribution in [3.05, 3.63) is 10.7 Å². The number of nitrogens with one attached hydrogen (secondary N) is 1. The molecule has 0 fully saturated rings. The van der Waals surface area contributed by atoms with Crippen LogP contribution in [0.15, 0.2) is 10.7 Å². The molecule has 0 radical (unpaired) electrons. The summed E-state index contributed by atoms with van der Waals surface area (Å²) in [5, 5.41) is 8.84. The Labute approximate surface area is 109 Å². The molecule has 0 aliphatic carbocycles. The molecule has 1 atom stereocenters. The minimum Gasteiger partial charge on any atom is -0.354 e. The Morgan fingerprint density at radius 2 is 2.41 bits per heavy atom. The smallest absolute Gasteiger partial charge is 0.239 e. The van der Waals surface area contributed by atoms with Gasteiger partial charge in [-0.1, -0.05) is 0 Å². The van der Waals surface area contributed by atoms with Crippen LogP contribution in [0, 0.1) is 17.2 Å². The van der Waals surface area contributed by atoms with Gasteiger partial charge in [-0.25, -0.2) is 10.8 Å². The van der Waals surface area contributed by atoms with E-state index >= 15 is 0 Å². The number of hydrogen-bond acceptors (Lipinski definition) is 6. The van der Waals surface area contributed by atoms with Crippen LogP contribution in [0.1, 0.15) is 13.8 Å². The third kappa shape index (κ3) is 3.54. The Bertz CT molecular complexity index is 416. The molecule has 0 amide bonds. The zero-order valence-corrected chi connectivity index (χ0v) is 11.4. The van der Waals surface area contributed by atoms with Crippen molar-refractivity contribution in [3.8, 4) is 6.07 Å². The van der Waals surface area contributed by atoms with E-state index in [4.69, 9.17) is 11.1 Å². The van der Waals surface area contributed by atoms with E-state index in [1.807, 2.05) is 18.7 Å². The van der Waals surface area contributed by atoms with Crippen molar-refractivity contribution in [1.82, 2.24) is 9.97 Å². The highest BCUT2D eigenvalue weighted by atomic mass is 79.9. The number of nitrogens with zero attached hydrogens (tertiary/aromatic N) is 4. The van der Waals surface area contributed by atoms with Crippen LogP contribution >= 0.6 is 15.9 Å². The minimum atomic E-state index is -0.0638. The van der Waals surface area contributed by atoms with Gasteiger partial charge < -0.3 is 4.90 Å². The molecule has 7 heteroatoms. The molecule has 0 spiro atoms. The molecular formula is C10H15BrN6. The summed E-state index contributed by atoms with van der Waals surface area (Å²) in [7, 11) is 0. The highest BCUT2D eigenvalue weighted by molar-refractivity contribution is 9.10. The van der Waals surface area contributed by atoms with Crippen LogP contribution in [-0.4, -0.2) is 23.1 Å². The number of rotatable bonds is 5. The van der Waals surface area contributed by atoms with Gasteiger partial charge >= 0.3 is 0 Å². The number of nitrogen functional groups attached to an aromatic ring is 1. The van der Waals surface area contributed by atoms with Gasteiger partial charge in [0.05, 0.1) is 16.5 Å². The third-order valence-electron chi connectivity index (χ3n) is 2.25. The van der Waals surface area contributed by atoms with Crippen LogP contribution in [0.2, 0.25) is 0 Å². The van der Waals surface area contributed by atoms with Gasteiger partial charge in [0.1, 0.15) is 5.82 Å².